The fourth-order valence-corrected chi connectivity index (χ4v) is 1.93. The van der Waals surface area contributed by atoms with E-state index in [9.17, 15) is 0 Å². The average Bonchev–Trinajstić information content (AvgIpc) is 2.65. The molecule has 0 amide bonds. The Balaban J connectivity index is 1.90. The molecular formula is C10H18N4O. The normalized spacial score (nSPS) is 23.2. The van der Waals surface area contributed by atoms with Crippen molar-refractivity contribution in [1.29, 1.82) is 0 Å². The molecule has 2 heterocycles. The van der Waals surface area contributed by atoms with Crippen LogP contribution in [0.2, 0.25) is 0 Å². The molecule has 1 aromatic rings. The summed E-state index contributed by atoms with van der Waals surface area (Å²) >= 11 is 0. The molecule has 0 aromatic carbocycles. The van der Waals surface area contributed by atoms with Crippen LogP contribution in [0.3, 0.4) is 0 Å². The first-order valence-corrected chi connectivity index (χ1v) is 5.57. The number of piperidine rings is 1. The lowest BCUT2D eigenvalue weighted by Crippen LogP contribution is -2.42. The third-order valence-electron chi connectivity index (χ3n) is 2.72. The van der Waals surface area contributed by atoms with E-state index in [-0.39, 0.29) is 0 Å². The van der Waals surface area contributed by atoms with Crippen molar-refractivity contribution in [2.45, 2.75) is 38.8 Å². The van der Waals surface area contributed by atoms with Crippen molar-refractivity contribution < 1.29 is 4.52 Å². The Hall–Kier alpha value is -0.940. The molecule has 1 saturated heterocycles. The zero-order chi connectivity index (χ0) is 10.7. The first-order chi connectivity index (χ1) is 7.28. The Morgan fingerprint density at radius 3 is 3.13 bits per heavy atom. The molecule has 1 aromatic heterocycles. The number of aromatic nitrogens is 2. The number of aryl methyl sites for hydroxylation is 1. The Bertz CT molecular complexity index is 312. The largest absolute Gasteiger partial charge is 0.339 e. The monoisotopic (exact) mass is 210 g/mol. The molecule has 0 bridgehead atoms. The van der Waals surface area contributed by atoms with Gasteiger partial charge in [-0.1, -0.05) is 12.1 Å². The third kappa shape index (κ3) is 2.76. The molecular weight excluding hydrogens is 192 g/mol. The summed E-state index contributed by atoms with van der Waals surface area (Å²) in [5.74, 6) is 1.49. The van der Waals surface area contributed by atoms with Crippen molar-refractivity contribution >= 4 is 0 Å². The number of nitrogens with zero attached hydrogens (tertiary/aromatic N) is 3. The molecule has 0 unspecified atom stereocenters. The van der Waals surface area contributed by atoms with Crippen LogP contribution >= 0.6 is 0 Å². The van der Waals surface area contributed by atoms with Crippen LogP contribution in [0.1, 0.15) is 31.5 Å². The third-order valence-corrected chi connectivity index (χ3v) is 2.72. The smallest absolute Gasteiger partial charge is 0.226 e. The van der Waals surface area contributed by atoms with E-state index in [1.807, 2.05) is 6.92 Å². The topological polar surface area (TPSA) is 68.2 Å². The second-order valence-corrected chi connectivity index (χ2v) is 4.10. The predicted octanol–water partition coefficient (Wildman–Crippen LogP) is 0.555. The maximum absolute atomic E-state index is 5.90. The summed E-state index contributed by atoms with van der Waals surface area (Å²) in [6.45, 7) is 4.80. The van der Waals surface area contributed by atoms with Gasteiger partial charge in [-0.2, -0.15) is 4.98 Å². The highest BCUT2D eigenvalue weighted by atomic mass is 16.5. The Labute approximate surface area is 89.6 Å². The van der Waals surface area contributed by atoms with Crippen LogP contribution in [-0.4, -0.2) is 34.2 Å². The van der Waals surface area contributed by atoms with Gasteiger partial charge in [0.25, 0.3) is 0 Å². The molecule has 2 rings (SSSR count). The summed E-state index contributed by atoms with van der Waals surface area (Å²) in [4.78, 5) is 6.58. The molecule has 0 spiro atoms. The average molecular weight is 210 g/mol. The maximum Gasteiger partial charge on any atom is 0.226 e. The van der Waals surface area contributed by atoms with Gasteiger partial charge in [-0.25, -0.2) is 0 Å². The molecule has 0 saturated carbocycles. The minimum absolute atomic E-state index is 0.302. The van der Waals surface area contributed by atoms with Gasteiger partial charge < -0.3 is 10.3 Å². The van der Waals surface area contributed by atoms with E-state index >= 15 is 0 Å². The van der Waals surface area contributed by atoms with Gasteiger partial charge in [-0.15, -0.1) is 0 Å². The van der Waals surface area contributed by atoms with Gasteiger partial charge in [0.15, 0.2) is 5.82 Å². The summed E-state index contributed by atoms with van der Waals surface area (Å²) in [6, 6.07) is 0.302. The molecule has 5 nitrogen and oxygen atoms in total. The summed E-state index contributed by atoms with van der Waals surface area (Å²) < 4.78 is 5.06. The fraction of sp³-hybridized carbons (Fsp3) is 0.800. The van der Waals surface area contributed by atoms with E-state index < -0.39 is 0 Å². The minimum Gasteiger partial charge on any atom is -0.339 e. The van der Waals surface area contributed by atoms with Crippen LogP contribution in [0, 0.1) is 0 Å². The number of nitrogens with two attached hydrogens (primary N) is 1. The van der Waals surface area contributed by atoms with Crippen molar-refractivity contribution in [3.63, 3.8) is 0 Å². The molecule has 1 atom stereocenters. The summed E-state index contributed by atoms with van der Waals surface area (Å²) in [5, 5.41) is 3.94. The summed E-state index contributed by atoms with van der Waals surface area (Å²) in [5.41, 5.74) is 5.90. The van der Waals surface area contributed by atoms with E-state index in [0.29, 0.717) is 11.9 Å². The second kappa shape index (κ2) is 4.72. The molecule has 84 valence electrons. The van der Waals surface area contributed by atoms with Crippen molar-refractivity contribution in [1.82, 2.24) is 15.0 Å². The van der Waals surface area contributed by atoms with Crippen LogP contribution in [0.4, 0.5) is 0 Å². The number of hydrogen-bond acceptors (Lipinski definition) is 5. The molecule has 1 aliphatic rings. The number of likely N-dealkylation sites (tertiary alicyclic amines) is 1. The first-order valence-electron chi connectivity index (χ1n) is 5.57. The first kappa shape index (κ1) is 10.6. The van der Waals surface area contributed by atoms with E-state index in [4.69, 9.17) is 10.3 Å². The van der Waals surface area contributed by atoms with Crippen LogP contribution in [0.25, 0.3) is 0 Å². The van der Waals surface area contributed by atoms with E-state index in [1.165, 1.54) is 6.42 Å². The van der Waals surface area contributed by atoms with Crippen molar-refractivity contribution in [3.05, 3.63) is 11.7 Å². The molecule has 1 fully saturated rings. The lowest BCUT2D eigenvalue weighted by molar-refractivity contribution is 0.195. The van der Waals surface area contributed by atoms with Gasteiger partial charge in [0.1, 0.15) is 0 Å². The van der Waals surface area contributed by atoms with Crippen LogP contribution in [0.15, 0.2) is 4.52 Å². The summed E-state index contributed by atoms with van der Waals surface area (Å²) in [6.07, 6.45) is 3.09. The highest BCUT2D eigenvalue weighted by molar-refractivity contribution is 4.87. The van der Waals surface area contributed by atoms with E-state index in [2.05, 4.69) is 15.0 Å². The van der Waals surface area contributed by atoms with Crippen LogP contribution in [-0.2, 0) is 13.0 Å². The van der Waals surface area contributed by atoms with Crippen molar-refractivity contribution in [2.24, 2.45) is 5.73 Å². The highest BCUT2D eigenvalue weighted by Gasteiger charge is 2.18. The van der Waals surface area contributed by atoms with Crippen LogP contribution < -0.4 is 5.73 Å². The second-order valence-electron chi connectivity index (χ2n) is 4.10. The molecule has 5 heteroatoms. The minimum atomic E-state index is 0.302. The molecule has 15 heavy (non-hydrogen) atoms. The fourth-order valence-electron chi connectivity index (χ4n) is 1.93. The lowest BCUT2D eigenvalue weighted by atomic mass is 10.1. The maximum atomic E-state index is 5.90. The zero-order valence-corrected chi connectivity index (χ0v) is 9.15. The van der Waals surface area contributed by atoms with Gasteiger partial charge in [0.05, 0.1) is 6.54 Å². The van der Waals surface area contributed by atoms with Gasteiger partial charge in [0.2, 0.25) is 5.89 Å². The van der Waals surface area contributed by atoms with E-state index in [0.717, 1.165) is 38.3 Å². The molecule has 2 N–H and O–H groups in total. The Kier molecular flexibility index (Phi) is 3.33. The standard InChI is InChI=1S/C10H18N4O/c1-2-10-12-9(13-15-10)7-14-5-3-4-8(11)6-14/h8H,2-7,11H2,1H3/t8-/m1/s1. The molecule has 1 aliphatic heterocycles. The van der Waals surface area contributed by atoms with Gasteiger partial charge >= 0.3 is 0 Å². The Morgan fingerprint density at radius 2 is 2.47 bits per heavy atom. The SMILES string of the molecule is CCc1nc(CN2CCC[C@@H](N)C2)no1. The predicted molar refractivity (Wildman–Crippen MR) is 56.2 cm³/mol. The van der Waals surface area contributed by atoms with Crippen LogP contribution in [0.5, 0.6) is 0 Å². The summed E-state index contributed by atoms with van der Waals surface area (Å²) in [7, 11) is 0. The number of rotatable bonds is 3. The van der Waals surface area contributed by atoms with Crippen molar-refractivity contribution in [2.75, 3.05) is 13.1 Å². The Morgan fingerprint density at radius 1 is 1.60 bits per heavy atom. The van der Waals surface area contributed by atoms with Gasteiger partial charge in [-0.3, -0.25) is 4.90 Å². The number of hydrogen-bond donors (Lipinski definition) is 1. The molecule has 0 radical (unpaired) electrons. The lowest BCUT2D eigenvalue weighted by Gasteiger charge is -2.29. The quantitative estimate of drug-likeness (QED) is 0.789. The highest BCUT2D eigenvalue weighted by Crippen LogP contribution is 2.11. The van der Waals surface area contributed by atoms with Gasteiger partial charge in [-0.05, 0) is 19.4 Å². The van der Waals surface area contributed by atoms with Gasteiger partial charge in [0, 0.05) is 19.0 Å². The zero-order valence-electron chi connectivity index (χ0n) is 9.15. The van der Waals surface area contributed by atoms with Crippen molar-refractivity contribution in [3.8, 4) is 0 Å². The van der Waals surface area contributed by atoms with E-state index in [1.54, 1.807) is 0 Å². The molecule has 0 aliphatic carbocycles.